The van der Waals surface area contributed by atoms with Gasteiger partial charge in [0.2, 0.25) is 10.0 Å². The van der Waals surface area contributed by atoms with E-state index in [-0.39, 0.29) is 12.6 Å². The average Bonchev–Trinajstić information content (AvgIpc) is 2.41. The molecule has 1 aliphatic rings. The first-order valence-electron chi connectivity index (χ1n) is 6.43. The van der Waals surface area contributed by atoms with Crippen molar-refractivity contribution in [1.29, 1.82) is 0 Å². The fraction of sp³-hybridized carbons (Fsp3) is 0.462. The Labute approximate surface area is 130 Å². The Morgan fingerprint density at radius 2 is 2.10 bits per heavy atom. The minimum atomic E-state index is -4.07. The summed E-state index contributed by atoms with van der Waals surface area (Å²) in [5.74, 6) is -2.63. The van der Waals surface area contributed by atoms with Crippen molar-refractivity contribution in [1.82, 2.24) is 4.31 Å². The monoisotopic (exact) mass is 379 g/mol. The zero-order valence-electron chi connectivity index (χ0n) is 11.3. The first-order valence-corrected chi connectivity index (χ1v) is 8.66. The molecule has 21 heavy (non-hydrogen) atoms. The molecular weight excluding hydrogens is 365 g/mol. The van der Waals surface area contributed by atoms with Gasteiger partial charge in [-0.1, -0.05) is 15.9 Å². The molecule has 0 aromatic heterocycles. The van der Waals surface area contributed by atoms with Crippen molar-refractivity contribution in [3.63, 3.8) is 0 Å². The van der Waals surface area contributed by atoms with Gasteiger partial charge in [0.25, 0.3) is 0 Å². The van der Waals surface area contributed by atoms with E-state index in [0.717, 1.165) is 10.4 Å². The fourth-order valence-electron chi connectivity index (χ4n) is 2.41. The third-order valence-electron chi connectivity index (χ3n) is 3.65. The second kappa shape index (κ2) is 6.02. The molecule has 1 fully saturated rings. The van der Waals surface area contributed by atoms with Gasteiger partial charge < -0.3 is 5.11 Å². The van der Waals surface area contributed by atoms with Gasteiger partial charge in [-0.05, 0) is 38.0 Å². The smallest absolute Gasteiger partial charge is 0.307 e. The van der Waals surface area contributed by atoms with Gasteiger partial charge in [-0.2, -0.15) is 4.31 Å². The van der Waals surface area contributed by atoms with Gasteiger partial charge in [0, 0.05) is 17.1 Å². The molecular formula is C13H15BrFNO4S. The van der Waals surface area contributed by atoms with Gasteiger partial charge in [0.15, 0.2) is 0 Å². The van der Waals surface area contributed by atoms with Crippen molar-refractivity contribution in [3.8, 4) is 0 Å². The van der Waals surface area contributed by atoms with Gasteiger partial charge in [0.1, 0.15) is 10.7 Å². The number of carbonyl (C=O) groups is 1. The molecule has 2 unspecified atom stereocenters. The molecule has 0 radical (unpaired) electrons. The molecule has 0 aliphatic carbocycles. The third-order valence-corrected chi connectivity index (χ3v) is 6.14. The lowest BCUT2D eigenvalue weighted by molar-refractivity contribution is -0.143. The zero-order chi connectivity index (χ0) is 15.8. The number of carboxylic acids is 1. The van der Waals surface area contributed by atoms with E-state index in [1.54, 1.807) is 6.92 Å². The Bertz CT molecular complexity index is 664. The lowest BCUT2D eigenvalue weighted by Crippen LogP contribution is -2.47. The van der Waals surface area contributed by atoms with Crippen molar-refractivity contribution in [2.24, 2.45) is 5.92 Å². The van der Waals surface area contributed by atoms with E-state index < -0.39 is 32.6 Å². The maximum absolute atomic E-state index is 13.9. The van der Waals surface area contributed by atoms with Gasteiger partial charge >= 0.3 is 5.97 Å². The predicted octanol–water partition coefficient (Wildman–Crippen LogP) is 2.46. The molecule has 0 spiro atoms. The Morgan fingerprint density at radius 1 is 1.43 bits per heavy atom. The highest BCUT2D eigenvalue weighted by Gasteiger charge is 2.38. The van der Waals surface area contributed by atoms with Gasteiger partial charge in [-0.15, -0.1) is 0 Å². The van der Waals surface area contributed by atoms with Crippen molar-refractivity contribution < 1.29 is 22.7 Å². The van der Waals surface area contributed by atoms with E-state index in [4.69, 9.17) is 5.11 Å². The van der Waals surface area contributed by atoms with Crippen LogP contribution in [-0.4, -0.2) is 36.4 Å². The molecule has 1 aliphatic heterocycles. The second-order valence-electron chi connectivity index (χ2n) is 5.11. The highest BCUT2D eigenvalue weighted by molar-refractivity contribution is 9.10. The molecule has 0 saturated carbocycles. The van der Waals surface area contributed by atoms with Crippen LogP contribution in [0.5, 0.6) is 0 Å². The zero-order valence-corrected chi connectivity index (χ0v) is 13.7. The van der Waals surface area contributed by atoms with Crippen LogP contribution in [0, 0.1) is 11.7 Å². The van der Waals surface area contributed by atoms with Gasteiger partial charge in [-0.25, -0.2) is 12.8 Å². The molecule has 116 valence electrons. The summed E-state index contributed by atoms with van der Waals surface area (Å²) in [5.41, 5.74) is 0. The number of benzene rings is 1. The van der Waals surface area contributed by atoms with E-state index in [2.05, 4.69) is 15.9 Å². The van der Waals surface area contributed by atoms with E-state index >= 15 is 0 Å². The first kappa shape index (κ1) is 16.4. The number of rotatable bonds is 3. The highest BCUT2D eigenvalue weighted by atomic mass is 79.9. The minimum absolute atomic E-state index is 0.134. The molecule has 5 nitrogen and oxygen atoms in total. The highest BCUT2D eigenvalue weighted by Crippen LogP contribution is 2.30. The van der Waals surface area contributed by atoms with Crippen LogP contribution >= 0.6 is 15.9 Å². The molecule has 1 N–H and O–H groups in total. The lowest BCUT2D eigenvalue weighted by atomic mass is 9.96. The quantitative estimate of drug-likeness (QED) is 0.874. The van der Waals surface area contributed by atoms with Crippen molar-refractivity contribution in [3.05, 3.63) is 28.5 Å². The summed E-state index contributed by atoms with van der Waals surface area (Å²) in [5, 5.41) is 9.07. The molecule has 2 atom stereocenters. The Balaban J connectivity index is 2.42. The maximum Gasteiger partial charge on any atom is 0.307 e. The normalized spacial score (nSPS) is 24.0. The number of aliphatic carboxylic acids is 1. The molecule has 2 rings (SSSR count). The number of piperidine rings is 1. The van der Waals surface area contributed by atoms with Crippen LogP contribution in [-0.2, 0) is 14.8 Å². The Hall–Kier alpha value is -0.990. The molecule has 1 aromatic rings. The number of sulfonamides is 1. The Morgan fingerprint density at radius 3 is 2.71 bits per heavy atom. The maximum atomic E-state index is 13.9. The third kappa shape index (κ3) is 3.27. The summed E-state index contributed by atoms with van der Waals surface area (Å²) in [7, 11) is -4.07. The van der Waals surface area contributed by atoms with Gasteiger partial charge in [-0.3, -0.25) is 4.79 Å². The largest absolute Gasteiger partial charge is 0.481 e. The van der Waals surface area contributed by atoms with Crippen LogP contribution in [0.3, 0.4) is 0 Å². The summed E-state index contributed by atoms with van der Waals surface area (Å²) in [4.78, 5) is 10.7. The number of hydrogen-bond acceptors (Lipinski definition) is 3. The average molecular weight is 380 g/mol. The summed E-state index contributed by atoms with van der Waals surface area (Å²) < 4.78 is 40.6. The summed E-state index contributed by atoms with van der Waals surface area (Å²) in [6.07, 6.45) is 0.856. The summed E-state index contributed by atoms with van der Waals surface area (Å²) in [6.45, 7) is 1.57. The molecule has 0 bridgehead atoms. The predicted molar refractivity (Wildman–Crippen MR) is 77.8 cm³/mol. The summed E-state index contributed by atoms with van der Waals surface area (Å²) >= 11 is 3.12. The SMILES string of the molecule is CC1CCC(C(=O)O)CN1S(=O)(=O)c1cc(Br)ccc1F. The molecule has 8 heteroatoms. The van der Waals surface area contributed by atoms with Crippen LogP contribution in [0.25, 0.3) is 0 Å². The van der Waals surface area contributed by atoms with Crippen LogP contribution < -0.4 is 0 Å². The minimum Gasteiger partial charge on any atom is -0.481 e. The molecule has 0 amide bonds. The first-order chi connectivity index (χ1) is 9.73. The van der Waals surface area contributed by atoms with Crippen molar-refractivity contribution in [2.75, 3.05) is 6.54 Å². The van der Waals surface area contributed by atoms with Crippen LogP contribution in [0.15, 0.2) is 27.6 Å². The Kier molecular flexibility index (Phi) is 4.69. The van der Waals surface area contributed by atoms with E-state index in [0.29, 0.717) is 17.3 Å². The lowest BCUT2D eigenvalue weighted by Gasteiger charge is -2.35. The molecule has 1 saturated heterocycles. The number of hydrogen-bond donors (Lipinski definition) is 1. The standard InChI is InChI=1S/C13H15BrFNO4S/c1-8-2-3-9(13(17)18)7-16(8)21(19,20)12-6-10(14)4-5-11(12)15/h4-6,8-9H,2-3,7H2,1H3,(H,17,18). The van der Waals surface area contributed by atoms with E-state index in [1.807, 2.05) is 0 Å². The van der Waals surface area contributed by atoms with Crippen molar-refractivity contribution in [2.45, 2.75) is 30.7 Å². The van der Waals surface area contributed by atoms with Gasteiger partial charge in [0.05, 0.1) is 5.92 Å². The van der Waals surface area contributed by atoms with E-state index in [1.165, 1.54) is 12.1 Å². The van der Waals surface area contributed by atoms with Crippen LogP contribution in [0.1, 0.15) is 19.8 Å². The van der Waals surface area contributed by atoms with Crippen LogP contribution in [0.2, 0.25) is 0 Å². The van der Waals surface area contributed by atoms with Crippen LogP contribution in [0.4, 0.5) is 4.39 Å². The summed E-state index contributed by atoms with van der Waals surface area (Å²) in [6, 6.07) is 3.32. The second-order valence-corrected chi connectivity index (χ2v) is 7.89. The topological polar surface area (TPSA) is 74.7 Å². The van der Waals surface area contributed by atoms with Crippen molar-refractivity contribution >= 4 is 31.9 Å². The number of carboxylic acid groups (broad SMARTS) is 1. The number of halogens is 2. The molecule has 1 aromatic carbocycles. The molecule has 1 heterocycles. The number of nitrogens with zero attached hydrogens (tertiary/aromatic N) is 1. The van der Waals surface area contributed by atoms with E-state index in [9.17, 15) is 17.6 Å². The fourth-order valence-corrected chi connectivity index (χ4v) is 4.72.